The van der Waals surface area contributed by atoms with E-state index in [1.54, 1.807) is 23.0 Å². The number of amides is 2. The third kappa shape index (κ3) is 4.34. The van der Waals surface area contributed by atoms with Crippen molar-refractivity contribution in [3.05, 3.63) is 78.1 Å². The van der Waals surface area contributed by atoms with Crippen molar-refractivity contribution in [1.29, 1.82) is 0 Å². The highest BCUT2D eigenvalue weighted by atomic mass is 32.2. The minimum absolute atomic E-state index is 0.0594. The molecule has 1 aliphatic rings. The molecule has 0 radical (unpaired) electrons. The van der Waals surface area contributed by atoms with Gasteiger partial charge in [0.2, 0.25) is 11.8 Å². The van der Waals surface area contributed by atoms with E-state index < -0.39 is 5.91 Å². The molecule has 0 aliphatic carbocycles. The number of aromatic nitrogens is 3. The summed E-state index contributed by atoms with van der Waals surface area (Å²) in [5.41, 5.74) is 9.46. The van der Waals surface area contributed by atoms with E-state index in [0.29, 0.717) is 23.3 Å². The van der Waals surface area contributed by atoms with Crippen molar-refractivity contribution >= 4 is 35.0 Å². The standard InChI is InChI=1S/C25H23N5O3S/c26-22(31)13-14-29-24(21-10-5-15-33-21)27-28-25(29)34-16-23(32)30-19-8-3-1-6-17(19)11-12-18-7-2-4-9-20(18)30/h1-10,15H,11-14,16H2,(H2,26,31). The van der Waals surface area contributed by atoms with Gasteiger partial charge in [0.1, 0.15) is 0 Å². The number of fused-ring (bicyclic) bond motifs is 2. The van der Waals surface area contributed by atoms with E-state index in [0.717, 1.165) is 35.3 Å². The van der Waals surface area contributed by atoms with Crippen molar-refractivity contribution in [2.75, 3.05) is 10.7 Å². The van der Waals surface area contributed by atoms with Crippen LogP contribution in [-0.2, 0) is 29.0 Å². The van der Waals surface area contributed by atoms with E-state index >= 15 is 0 Å². The summed E-state index contributed by atoms with van der Waals surface area (Å²) < 4.78 is 7.24. The molecular formula is C25H23N5O3S. The molecule has 172 valence electrons. The molecular weight excluding hydrogens is 450 g/mol. The molecule has 0 bridgehead atoms. The molecule has 0 saturated heterocycles. The van der Waals surface area contributed by atoms with E-state index in [2.05, 4.69) is 22.3 Å². The van der Waals surface area contributed by atoms with E-state index in [-0.39, 0.29) is 18.1 Å². The zero-order chi connectivity index (χ0) is 23.5. The predicted molar refractivity (Wildman–Crippen MR) is 130 cm³/mol. The third-order valence-electron chi connectivity index (χ3n) is 5.74. The summed E-state index contributed by atoms with van der Waals surface area (Å²) in [6.07, 6.45) is 3.42. The van der Waals surface area contributed by atoms with Crippen molar-refractivity contribution in [1.82, 2.24) is 14.8 Å². The maximum Gasteiger partial charge on any atom is 0.242 e. The molecule has 8 nitrogen and oxygen atoms in total. The molecule has 5 rings (SSSR count). The predicted octanol–water partition coefficient (Wildman–Crippen LogP) is 3.97. The topological polar surface area (TPSA) is 107 Å². The van der Waals surface area contributed by atoms with E-state index in [4.69, 9.17) is 10.2 Å². The van der Waals surface area contributed by atoms with Gasteiger partial charge in [-0.1, -0.05) is 48.2 Å². The number of para-hydroxylation sites is 2. The Morgan fingerprint density at radius 3 is 2.24 bits per heavy atom. The Labute approximate surface area is 200 Å². The van der Waals surface area contributed by atoms with Crippen molar-refractivity contribution < 1.29 is 14.0 Å². The van der Waals surface area contributed by atoms with E-state index in [1.807, 2.05) is 41.3 Å². The molecule has 4 aromatic rings. The highest BCUT2D eigenvalue weighted by molar-refractivity contribution is 7.99. The molecule has 1 aliphatic heterocycles. The lowest BCUT2D eigenvalue weighted by atomic mass is 10.0. The van der Waals surface area contributed by atoms with Crippen molar-refractivity contribution in [2.45, 2.75) is 31.0 Å². The lowest BCUT2D eigenvalue weighted by molar-refractivity contribution is -0.118. The second-order valence-electron chi connectivity index (χ2n) is 7.93. The summed E-state index contributed by atoms with van der Waals surface area (Å²) in [7, 11) is 0. The first-order valence-electron chi connectivity index (χ1n) is 11.0. The lowest BCUT2D eigenvalue weighted by Gasteiger charge is -2.24. The molecule has 9 heteroatoms. The fraction of sp³-hybridized carbons (Fsp3) is 0.200. The molecule has 0 spiro atoms. The summed E-state index contributed by atoms with van der Waals surface area (Å²) >= 11 is 1.28. The van der Waals surface area contributed by atoms with Crippen LogP contribution in [0.25, 0.3) is 11.6 Å². The van der Waals surface area contributed by atoms with Crippen LogP contribution in [0.5, 0.6) is 0 Å². The average molecular weight is 474 g/mol. The summed E-state index contributed by atoms with van der Waals surface area (Å²) in [5, 5.41) is 9.03. The molecule has 2 aromatic heterocycles. The van der Waals surface area contributed by atoms with Gasteiger partial charge in [-0.2, -0.15) is 0 Å². The Morgan fingerprint density at radius 2 is 1.62 bits per heavy atom. The van der Waals surface area contributed by atoms with Gasteiger partial charge in [-0.25, -0.2) is 0 Å². The van der Waals surface area contributed by atoms with Crippen LogP contribution in [0.4, 0.5) is 11.4 Å². The second-order valence-corrected chi connectivity index (χ2v) is 8.87. The summed E-state index contributed by atoms with van der Waals surface area (Å²) in [5.74, 6) is 0.687. The van der Waals surface area contributed by atoms with Crippen LogP contribution in [0.3, 0.4) is 0 Å². The monoisotopic (exact) mass is 473 g/mol. The first-order valence-corrected chi connectivity index (χ1v) is 12.0. The number of furan rings is 1. The Hall–Kier alpha value is -3.85. The van der Waals surface area contributed by atoms with Crippen LogP contribution >= 0.6 is 11.8 Å². The van der Waals surface area contributed by atoms with Crippen molar-refractivity contribution in [2.24, 2.45) is 5.73 Å². The molecule has 34 heavy (non-hydrogen) atoms. The number of hydrogen-bond donors (Lipinski definition) is 1. The highest BCUT2D eigenvalue weighted by Crippen LogP contribution is 2.37. The number of nitrogens with two attached hydrogens (primary N) is 1. The number of nitrogens with zero attached hydrogens (tertiary/aromatic N) is 4. The largest absolute Gasteiger partial charge is 0.461 e. The Balaban J connectivity index is 1.44. The number of thioether (sulfide) groups is 1. The van der Waals surface area contributed by atoms with Gasteiger partial charge < -0.3 is 10.2 Å². The van der Waals surface area contributed by atoms with Gasteiger partial charge >= 0.3 is 0 Å². The van der Waals surface area contributed by atoms with Gasteiger partial charge in [-0.15, -0.1) is 10.2 Å². The fourth-order valence-electron chi connectivity index (χ4n) is 4.15. The van der Waals surface area contributed by atoms with Gasteiger partial charge in [0.05, 0.1) is 23.4 Å². The SMILES string of the molecule is NC(=O)CCn1c(SCC(=O)N2c3ccccc3CCc3ccccc32)nnc1-c1ccco1. The molecule has 0 saturated carbocycles. The number of rotatable bonds is 7. The Morgan fingerprint density at radius 1 is 0.941 bits per heavy atom. The minimum atomic E-state index is -0.427. The van der Waals surface area contributed by atoms with Gasteiger partial charge in [0, 0.05) is 13.0 Å². The molecule has 0 unspecified atom stereocenters. The van der Waals surface area contributed by atoms with Gasteiger partial charge in [-0.3, -0.25) is 19.1 Å². The first-order chi connectivity index (χ1) is 16.6. The smallest absolute Gasteiger partial charge is 0.242 e. The number of aryl methyl sites for hydroxylation is 2. The number of carbonyl (C=O) groups is 2. The van der Waals surface area contributed by atoms with E-state index in [9.17, 15) is 9.59 Å². The average Bonchev–Trinajstić information content (AvgIpc) is 3.48. The fourth-order valence-corrected chi connectivity index (χ4v) is 4.96. The summed E-state index contributed by atoms with van der Waals surface area (Å²) in [6.45, 7) is 0.296. The van der Waals surface area contributed by atoms with E-state index in [1.165, 1.54) is 11.8 Å². The molecule has 2 N–H and O–H groups in total. The minimum Gasteiger partial charge on any atom is -0.461 e. The van der Waals surface area contributed by atoms with Gasteiger partial charge in [-0.05, 0) is 48.2 Å². The first kappa shape index (κ1) is 22.0. The van der Waals surface area contributed by atoms with Crippen LogP contribution in [0, 0.1) is 0 Å². The van der Waals surface area contributed by atoms with Crippen LogP contribution in [0.15, 0.2) is 76.5 Å². The number of benzene rings is 2. The maximum atomic E-state index is 13.6. The number of carbonyl (C=O) groups excluding carboxylic acids is 2. The van der Waals surface area contributed by atoms with Gasteiger partial charge in [0.15, 0.2) is 16.7 Å². The second kappa shape index (κ2) is 9.56. The maximum absolute atomic E-state index is 13.6. The molecule has 0 fully saturated rings. The van der Waals surface area contributed by atoms with Crippen LogP contribution in [-0.4, -0.2) is 32.3 Å². The molecule has 3 heterocycles. The normalized spacial score (nSPS) is 12.6. The van der Waals surface area contributed by atoms with Crippen LogP contribution in [0.1, 0.15) is 17.5 Å². The molecule has 2 amide bonds. The summed E-state index contributed by atoms with van der Waals surface area (Å²) in [6, 6.07) is 19.6. The molecule has 0 atom stereocenters. The Bertz CT molecular complexity index is 1280. The quantitative estimate of drug-likeness (QED) is 0.407. The number of primary amides is 1. The third-order valence-corrected chi connectivity index (χ3v) is 6.69. The number of hydrogen-bond acceptors (Lipinski definition) is 6. The lowest BCUT2D eigenvalue weighted by Crippen LogP contribution is -2.28. The van der Waals surface area contributed by atoms with Crippen LogP contribution < -0.4 is 10.6 Å². The Kier molecular flexibility index (Phi) is 6.18. The zero-order valence-electron chi connectivity index (χ0n) is 18.4. The molecule has 2 aromatic carbocycles. The van der Waals surface area contributed by atoms with Crippen molar-refractivity contribution in [3.63, 3.8) is 0 Å². The van der Waals surface area contributed by atoms with Crippen LogP contribution in [0.2, 0.25) is 0 Å². The van der Waals surface area contributed by atoms with Gasteiger partial charge in [0.25, 0.3) is 0 Å². The highest BCUT2D eigenvalue weighted by Gasteiger charge is 2.26. The number of anilines is 2. The van der Waals surface area contributed by atoms with Crippen molar-refractivity contribution in [3.8, 4) is 11.6 Å². The summed E-state index contributed by atoms with van der Waals surface area (Å²) in [4.78, 5) is 26.8. The zero-order valence-corrected chi connectivity index (χ0v) is 19.2.